The topological polar surface area (TPSA) is 126 Å². The van der Waals surface area contributed by atoms with Gasteiger partial charge in [-0.25, -0.2) is 4.79 Å². The van der Waals surface area contributed by atoms with Crippen molar-refractivity contribution < 1.29 is 26.9 Å². The predicted molar refractivity (Wildman–Crippen MR) is 86.8 cm³/mol. The lowest BCUT2D eigenvalue weighted by Crippen LogP contribution is -2.50. The minimum Gasteiger partial charge on any atom is -0.444 e. The molecule has 0 aromatic rings. The summed E-state index contributed by atoms with van der Waals surface area (Å²) in [4.78, 5) is 26.1. The molecule has 0 aromatic heterocycles. The van der Waals surface area contributed by atoms with E-state index < -0.39 is 45.4 Å². The first kappa shape index (κ1) is 19.5. The van der Waals surface area contributed by atoms with Crippen molar-refractivity contribution >= 4 is 22.1 Å². The third-order valence-corrected chi connectivity index (χ3v) is 4.45. The van der Waals surface area contributed by atoms with Crippen molar-refractivity contribution in [2.45, 2.75) is 63.3 Å². The van der Waals surface area contributed by atoms with Gasteiger partial charge in [-0.15, -0.1) is 0 Å². The predicted octanol–water partition coefficient (Wildman–Crippen LogP) is 0.513. The molecule has 2 fully saturated rings. The molecule has 1 aliphatic carbocycles. The zero-order chi connectivity index (χ0) is 19.0. The maximum absolute atomic E-state index is 12.5. The Hall–Kier alpha value is -1.86. The molecule has 2 amide bonds. The molecule has 2 aliphatic rings. The molecule has 0 spiro atoms. The number of carbonyl (C=O) groups is 2. The molecule has 9 nitrogen and oxygen atoms in total. The van der Waals surface area contributed by atoms with Crippen LogP contribution >= 0.6 is 0 Å². The molecule has 2 atom stereocenters. The van der Waals surface area contributed by atoms with E-state index in [0.29, 0.717) is 12.8 Å². The second-order valence-corrected chi connectivity index (χ2v) is 9.09. The van der Waals surface area contributed by atoms with Crippen LogP contribution in [0.5, 0.6) is 0 Å². The van der Waals surface area contributed by atoms with E-state index in [1.165, 1.54) is 0 Å². The monoisotopic (exact) mass is 373 g/mol. The maximum atomic E-state index is 12.5. The van der Waals surface area contributed by atoms with Crippen LogP contribution in [0.15, 0.2) is 0 Å². The summed E-state index contributed by atoms with van der Waals surface area (Å²) in [5, 5.41) is 11.7. The second-order valence-electron chi connectivity index (χ2n) is 7.49. The van der Waals surface area contributed by atoms with E-state index in [1.54, 1.807) is 20.8 Å². The molecule has 0 bridgehead atoms. The molecular formula is C15H23N3O6S. The van der Waals surface area contributed by atoms with Gasteiger partial charge in [0, 0.05) is 6.42 Å². The van der Waals surface area contributed by atoms with Gasteiger partial charge in [-0.3, -0.25) is 13.9 Å². The summed E-state index contributed by atoms with van der Waals surface area (Å²) in [5.74, 6) is -0.510. The lowest BCUT2D eigenvalue weighted by molar-refractivity contribution is -0.126. The Balaban J connectivity index is 2.15. The maximum Gasteiger partial charge on any atom is 0.411 e. The molecular weight excluding hydrogens is 350 g/mol. The Labute approximate surface area is 147 Å². The van der Waals surface area contributed by atoms with Crippen molar-refractivity contribution in [3.63, 3.8) is 0 Å². The molecule has 1 heterocycles. The summed E-state index contributed by atoms with van der Waals surface area (Å²) in [6.07, 6.45) is 0.465. The minimum atomic E-state index is -3.73. The van der Waals surface area contributed by atoms with E-state index in [0.717, 1.165) is 11.2 Å². The van der Waals surface area contributed by atoms with Gasteiger partial charge in [0.25, 0.3) is 10.1 Å². The molecule has 10 heteroatoms. The lowest BCUT2D eigenvalue weighted by Gasteiger charge is -2.28. The van der Waals surface area contributed by atoms with Gasteiger partial charge in [-0.2, -0.15) is 13.7 Å². The number of amides is 2. The first-order chi connectivity index (χ1) is 11.3. The molecule has 25 heavy (non-hydrogen) atoms. The van der Waals surface area contributed by atoms with Gasteiger partial charge in [-0.05, 0) is 33.6 Å². The smallest absolute Gasteiger partial charge is 0.411 e. The highest BCUT2D eigenvalue weighted by molar-refractivity contribution is 7.86. The summed E-state index contributed by atoms with van der Waals surface area (Å²) in [5.41, 5.74) is -1.65. The molecule has 0 unspecified atom stereocenters. The summed E-state index contributed by atoms with van der Waals surface area (Å²) < 4.78 is 32.9. The van der Waals surface area contributed by atoms with Crippen LogP contribution in [0.25, 0.3) is 0 Å². The van der Waals surface area contributed by atoms with Crippen molar-refractivity contribution in [2.75, 3.05) is 12.8 Å². The Bertz CT molecular complexity index is 702. The third kappa shape index (κ3) is 5.31. The van der Waals surface area contributed by atoms with Gasteiger partial charge in [0.15, 0.2) is 0 Å². The Morgan fingerprint density at radius 2 is 1.92 bits per heavy atom. The average Bonchev–Trinajstić information content (AvgIpc) is 3.06. The molecule has 140 valence electrons. The van der Waals surface area contributed by atoms with Gasteiger partial charge in [0.2, 0.25) is 5.91 Å². The van der Waals surface area contributed by atoms with Crippen molar-refractivity contribution in [2.24, 2.45) is 0 Å². The third-order valence-electron chi connectivity index (χ3n) is 3.83. The molecule has 1 aliphatic heterocycles. The van der Waals surface area contributed by atoms with E-state index in [2.05, 4.69) is 5.32 Å². The minimum absolute atomic E-state index is 0.0135. The number of nitrogens with zero attached hydrogens (tertiary/aromatic N) is 2. The zero-order valence-corrected chi connectivity index (χ0v) is 15.6. The normalized spacial score (nSPS) is 25.2. The molecule has 0 aromatic carbocycles. The highest BCUT2D eigenvalue weighted by Gasteiger charge is 2.49. The number of hydrogen-bond donors (Lipinski definition) is 1. The van der Waals surface area contributed by atoms with Crippen molar-refractivity contribution in [1.29, 1.82) is 5.26 Å². The molecule has 2 rings (SSSR count). The van der Waals surface area contributed by atoms with Crippen LogP contribution in [0.1, 0.15) is 40.0 Å². The van der Waals surface area contributed by atoms with Crippen molar-refractivity contribution in [3.8, 4) is 6.07 Å². The molecule has 1 saturated heterocycles. The van der Waals surface area contributed by atoms with Crippen LogP contribution in [0, 0.1) is 11.3 Å². The van der Waals surface area contributed by atoms with Crippen molar-refractivity contribution in [1.82, 2.24) is 10.2 Å². The first-order valence-corrected chi connectivity index (χ1v) is 9.77. The SMILES string of the molecule is CC(C)(C)OC(=O)N1C[C@@H](OS(C)(=O)=O)C[C@H]1C(=O)NC1(C#N)CC1. The second kappa shape index (κ2) is 6.46. The number of hydrogen-bond acceptors (Lipinski definition) is 7. The number of nitriles is 1. The van der Waals surface area contributed by atoms with E-state index in [9.17, 15) is 18.0 Å². The van der Waals surface area contributed by atoms with E-state index in [1.807, 2.05) is 6.07 Å². The standard InChI is InChI=1S/C15H23N3O6S/c1-14(2,3)23-13(20)18-8-10(24-25(4,21)22)7-11(18)12(19)17-15(9-16)5-6-15/h10-11H,5-8H2,1-4H3,(H,17,19)/t10-,11-/m0/s1. The van der Waals surface area contributed by atoms with Crippen LogP contribution < -0.4 is 5.32 Å². The van der Waals surface area contributed by atoms with Crippen LogP contribution in [-0.2, 0) is 23.8 Å². The van der Waals surface area contributed by atoms with Crippen LogP contribution in [0.3, 0.4) is 0 Å². The average molecular weight is 373 g/mol. The molecule has 1 saturated carbocycles. The highest BCUT2D eigenvalue weighted by atomic mass is 32.2. The van der Waals surface area contributed by atoms with Gasteiger partial charge in [0.1, 0.15) is 17.2 Å². The van der Waals surface area contributed by atoms with E-state index in [-0.39, 0.29) is 13.0 Å². The van der Waals surface area contributed by atoms with Gasteiger partial charge >= 0.3 is 6.09 Å². The number of carbonyl (C=O) groups excluding carboxylic acids is 2. The number of likely N-dealkylation sites (tertiary alicyclic amines) is 1. The fourth-order valence-corrected chi connectivity index (χ4v) is 3.23. The zero-order valence-electron chi connectivity index (χ0n) is 14.7. The van der Waals surface area contributed by atoms with Crippen LogP contribution in [-0.4, -0.2) is 61.4 Å². The Kier molecular flexibility index (Phi) is 5.03. The van der Waals surface area contributed by atoms with Gasteiger partial charge in [0.05, 0.1) is 25.0 Å². The van der Waals surface area contributed by atoms with Crippen molar-refractivity contribution in [3.05, 3.63) is 0 Å². The van der Waals surface area contributed by atoms with Crippen LogP contribution in [0.2, 0.25) is 0 Å². The summed E-state index contributed by atoms with van der Waals surface area (Å²) in [6, 6.07) is 1.09. The summed E-state index contributed by atoms with van der Waals surface area (Å²) >= 11 is 0. The van der Waals surface area contributed by atoms with E-state index >= 15 is 0 Å². The lowest BCUT2D eigenvalue weighted by atomic mass is 10.1. The number of rotatable bonds is 4. The van der Waals surface area contributed by atoms with Gasteiger partial charge < -0.3 is 10.1 Å². The van der Waals surface area contributed by atoms with Crippen LogP contribution in [0.4, 0.5) is 4.79 Å². The fraction of sp³-hybridized carbons (Fsp3) is 0.800. The number of nitrogens with one attached hydrogen (secondary N) is 1. The highest BCUT2D eigenvalue weighted by Crippen LogP contribution is 2.35. The Morgan fingerprint density at radius 3 is 2.36 bits per heavy atom. The number of ether oxygens (including phenoxy) is 1. The summed E-state index contributed by atoms with van der Waals surface area (Å²) in [7, 11) is -3.73. The fourth-order valence-electron chi connectivity index (χ4n) is 2.59. The first-order valence-electron chi connectivity index (χ1n) is 7.95. The summed E-state index contributed by atoms with van der Waals surface area (Å²) in [6.45, 7) is 4.99. The largest absolute Gasteiger partial charge is 0.444 e. The Morgan fingerprint density at radius 1 is 1.32 bits per heavy atom. The van der Waals surface area contributed by atoms with E-state index in [4.69, 9.17) is 14.2 Å². The molecule has 0 radical (unpaired) electrons. The molecule has 1 N–H and O–H groups in total. The quantitative estimate of drug-likeness (QED) is 0.712. The van der Waals surface area contributed by atoms with Gasteiger partial charge in [-0.1, -0.05) is 0 Å².